The van der Waals surface area contributed by atoms with E-state index < -0.39 is 5.97 Å². The number of benzene rings is 1. The molecule has 2 aromatic heterocycles. The van der Waals surface area contributed by atoms with Crippen LogP contribution >= 0.6 is 11.3 Å². The summed E-state index contributed by atoms with van der Waals surface area (Å²) < 4.78 is 1.91. The number of fused-ring (bicyclic) bond motifs is 1. The minimum absolute atomic E-state index is 0.361. The van der Waals surface area contributed by atoms with Crippen molar-refractivity contribution in [3.05, 3.63) is 41.3 Å². The quantitative estimate of drug-likeness (QED) is 0.792. The summed E-state index contributed by atoms with van der Waals surface area (Å²) in [7, 11) is 0. The zero-order valence-corrected chi connectivity index (χ0v) is 11.9. The highest BCUT2D eigenvalue weighted by molar-refractivity contribution is 7.20. The number of carboxylic acid groups (broad SMARTS) is 1. The topological polar surface area (TPSA) is 55.1 Å². The van der Waals surface area contributed by atoms with Gasteiger partial charge in [0.1, 0.15) is 15.4 Å². The highest BCUT2D eigenvalue weighted by Gasteiger charge is 2.18. The molecule has 0 atom stereocenters. The Morgan fingerprint density at radius 3 is 2.75 bits per heavy atom. The van der Waals surface area contributed by atoms with Crippen LogP contribution in [0.4, 0.5) is 0 Å². The van der Waals surface area contributed by atoms with Crippen LogP contribution in [-0.2, 0) is 6.54 Å². The first-order chi connectivity index (χ1) is 9.70. The lowest BCUT2D eigenvalue weighted by atomic mass is 10.1. The Hall–Kier alpha value is -2.14. The number of aryl methyl sites for hydroxylation is 1. The van der Waals surface area contributed by atoms with Crippen molar-refractivity contribution in [2.75, 3.05) is 0 Å². The summed E-state index contributed by atoms with van der Waals surface area (Å²) in [5.41, 5.74) is 1.87. The van der Waals surface area contributed by atoms with E-state index in [4.69, 9.17) is 5.11 Å². The summed E-state index contributed by atoms with van der Waals surface area (Å²) in [5.74, 6) is -0.881. The van der Waals surface area contributed by atoms with Crippen LogP contribution in [0.1, 0.15) is 23.0 Å². The molecule has 102 valence electrons. The Kier molecular flexibility index (Phi) is 3.28. The minimum atomic E-state index is -0.881. The van der Waals surface area contributed by atoms with Gasteiger partial charge in [0.05, 0.1) is 0 Å². The number of aromatic nitrogens is 2. The molecule has 0 saturated heterocycles. The SMILES string of the molecule is CCCn1nc(-c2ccccc2)c2cc(C(=O)O)sc21. The van der Waals surface area contributed by atoms with Crippen molar-refractivity contribution in [2.45, 2.75) is 19.9 Å². The van der Waals surface area contributed by atoms with Crippen LogP contribution in [0.2, 0.25) is 0 Å². The average molecular weight is 286 g/mol. The van der Waals surface area contributed by atoms with Crippen molar-refractivity contribution in [3.63, 3.8) is 0 Å². The maximum Gasteiger partial charge on any atom is 0.345 e. The van der Waals surface area contributed by atoms with E-state index in [2.05, 4.69) is 12.0 Å². The summed E-state index contributed by atoms with van der Waals surface area (Å²) in [5, 5.41) is 14.7. The number of carbonyl (C=O) groups is 1. The van der Waals surface area contributed by atoms with Gasteiger partial charge < -0.3 is 5.11 Å². The standard InChI is InChI=1S/C15H14N2O2S/c1-2-8-17-14-11(9-12(20-14)15(18)19)13(16-17)10-6-4-3-5-7-10/h3-7,9H,2,8H2,1H3,(H,18,19). The second-order valence-electron chi connectivity index (χ2n) is 4.57. The Labute approximate surface area is 120 Å². The van der Waals surface area contributed by atoms with Crippen LogP contribution in [0.3, 0.4) is 0 Å². The van der Waals surface area contributed by atoms with Gasteiger partial charge in [0.15, 0.2) is 0 Å². The second-order valence-corrected chi connectivity index (χ2v) is 5.60. The summed E-state index contributed by atoms with van der Waals surface area (Å²) in [6, 6.07) is 11.6. The van der Waals surface area contributed by atoms with Gasteiger partial charge in [-0.05, 0) is 12.5 Å². The van der Waals surface area contributed by atoms with Crippen LogP contribution in [0.25, 0.3) is 21.5 Å². The van der Waals surface area contributed by atoms with E-state index in [9.17, 15) is 4.79 Å². The first-order valence-corrected chi connectivity index (χ1v) is 7.31. The van der Waals surface area contributed by atoms with Crippen LogP contribution in [0.5, 0.6) is 0 Å². The van der Waals surface area contributed by atoms with E-state index in [1.54, 1.807) is 6.07 Å². The minimum Gasteiger partial charge on any atom is -0.477 e. The van der Waals surface area contributed by atoms with Crippen molar-refractivity contribution in [1.82, 2.24) is 9.78 Å². The number of aromatic carboxylic acids is 1. The molecule has 0 bridgehead atoms. The molecule has 0 radical (unpaired) electrons. The van der Waals surface area contributed by atoms with Gasteiger partial charge in [-0.2, -0.15) is 5.10 Å². The lowest BCUT2D eigenvalue weighted by molar-refractivity contribution is 0.0702. The third-order valence-corrected chi connectivity index (χ3v) is 4.25. The molecular weight excluding hydrogens is 272 g/mol. The predicted molar refractivity (Wildman–Crippen MR) is 80.3 cm³/mol. The van der Waals surface area contributed by atoms with E-state index in [0.29, 0.717) is 4.88 Å². The molecule has 3 rings (SSSR count). The predicted octanol–water partition coefficient (Wildman–Crippen LogP) is 3.87. The van der Waals surface area contributed by atoms with E-state index in [0.717, 1.165) is 34.4 Å². The van der Waals surface area contributed by atoms with Gasteiger partial charge in [0.25, 0.3) is 0 Å². The molecule has 20 heavy (non-hydrogen) atoms. The first kappa shape index (κ1) is 12.9. The number of thiophene rings is 1. The van der Waals surface area contributed by atoms with Crippen LogP contribution in [-0.4, -0.2) is 20.9 Å². The smallest absolute Gasteiger partial charge is 0.345 e. The Morgan fingerprint density at radius 1 is 1.35 bits per heavy atom. The van der Waals surface area contributed by atoms with Crippen LogP contribution in [0.15, 0.2) is 36.4 Å². The second kappa shape index (κ2) is 5.09. The Bertz CT molecular complexity index is 759. The Balaban J connectivity index is 2.23. The number of nitrogens with zero attached hydrogens (tertiary/aromatic N) is 2. The molecule has 0 amide bonds. The summed E-state index contributed by atoms with van der Waals surface area (Å²) >= 11 is 1.29. The van der Waals surface area contributed by atoms with Crippen molar-refractivity contribution in [3.8, 4) is 11.3 Å². The summed E-state index contributed by atoms with van der Waals surface area (Å²) in [6.07, 6.45) is 0.964. The summed E-state index contributed by atoms with van der Waals surface area (Å²) in [6.45, 7) is 2.88. The Morgan fingerprint density at radius 2 is 2.10 bits per heavy atom. The number of rotatable bonds is 4. The summed E-state index contributed by atoms with van der Waals surface area (Å²) in [4.78, 5) is 12.5. The third-order valence-electron chi connectivity index (χ3n) is 3.12. The molecule has 3 aromatic rings. The highest BCUT2D eigenvalue weighted by Crippen LogP contribution is 2.34. The van der Waals surface area contributed by atoms with Gasteiger partial charge in [-0.1, -0.05) is 37.3 Å². The molecular formula is C15H14N2O2S. The molecule has 2 heterocycles. The van der Waals surface area contributed by atoms with Crippen LogP contribution in [0, 0.1) is 0 Å². The highest BCUT2D eigenvalue weighted by atomic mass is 32.1. The molecule has 1 N–H and O–H groups in total. The average Bonchev–Trinajstić information content (AvgIpc) is 3.01. The monoisotopic (exact) mass is 286 g/mol. The molecule has 0 spiro atoms. The molecule has 1 aromatic carbocycles. The van der Waals surface area contributed by atoms with Gasteiger partial charge in [-0.15, -0.1) is 11.3 Å². The lowest BCUT2D eigenvalue weighted by Gasteiger charge is -1.99. The molecule has 0 aliphatic heterocycles. The third kappa shape index (κ3) is 2.10. The van der Waals surface area contributed by atoms with E-state index in [-0.39, 0.29) is 0 Å². The fraction of sp³-hybridized carbons (Fsp3) is 0.200. The van der Waals surface area contributed by atoms with Crippen molar-refractivity contribution in [1.29, 1.82) is 0 Å². The first-order valence-electron chi connectivity index (χ1n) is 6.49. The van der Waals surface area contributed by atoms with Gasteiger partial charge >= 0.3 is 5.97 Å². The van der Waals surface area contributed by atoms with Crippen molar-refractivity contribution < 1.29 is 9.90 Å². The molecule has 0 aliphatic carbocycles. The van der Waals surface area contributed by atoms with E-state index in [1.165, 1.54) is 11.3 Å². The van der Waals surface area contributed by atoms with Gasteiger partial charge in [-0.3, -0.25) is 4.68 Å². The maximum absolute atomic E-state index is 11.2. The van der Waals surface area contributed by atoms with Crippen molar-refractivity contribution >= 4 is 27.5 Å². The number of carboxylic acids is 1. The molecule has 0 unspecified atom stereocenters. The molecule has 5 heteroatoms. The number of hydrogen-bond acceptors (Lipinski definition) is 3. The maximum atomic E-state index is 11.2. The fourth-order valence-corrected chi connectivity index (χ4v) is 3.22. The zero-order valence-electron chi connectivity index (χ0n) is 11.0. The van der Waals surface area contributed by atoms with Crippen LogP contribution < -0.4 is 0 Å². The fourth-order valence-electron chi connectivity index (χ4n) is 2.24. The normalized spacial score (nSPS) is 11.1. The number of hydrogen-bond donors (Lipinski definition) is 1. The van der Waals surface area contributed by atoms with Crippen molar-refractivity contribution in [2.24, 2.45) is 0 Å². The van der Waals surface area contributed by atoms with E-state index in [1.807, 2.05) is 35.0 Å². The van der Waals surface area contributed by atoms with Gasteiger partial charge in [0.2, 0.25) is 0 Å². The zero-order chi connectivity index (χ0) is 14.1. The van der Waals surface area contributed by atoms with E-state index >= 15 is 0 Å². The molecule has 0 saturated carbocycles. The molecule has 4 nitrogen and oxygen atoms in total. The van der Waals surface area contributed by atoms with Gasteiger partial charge in [0, 0.05) is 17.5 Å². The largest absolute Gasteiger partial charge is 0.477 e. The molecule has 0 fully saturated rings. The molecule has 0 aliphatic rings. The lowest BCUT2D eigenvalue weighted by Crippen LogP contribution is -1.98. The van der Waals surface area contributed by atoms with Gasteiger partial charge in [-0.25, -0.2) is 4.79 Å².